The fourth-order valence-electron chi connectivity index (χ4n) is 4.99. The Morgan fingerprint density at radius 1 is 1.15 bits per heavy atom. The van der Waals surface area contributed by atoms with Gasteiger partial charge in [0.2, 0.25) is 0 Å². The van der Waals surface area contributed by atoms with Crippen molar-refractivity contribution in [3.8, 4) is 11.4 Å². The summed E-state index contributed by atoms with van der Waals surface area (Å²) in [5.41, 5.74) is 1.69. The van der Waals surface area contributed by atoms with Crippen LogP contribution in [0.15, 0.2) is 53.9 Å². The van der Waals surface area contributed by atoms with E-state index in [9.17, 15) is 13.2 Å². The molecule has 33 heavy (non-hydrogen) atoms. The van der Waals surface area contributed by atoms with E-state index < -0.39 is 11.7 Å². The lowest BCUT2D eigenvalue weighted by atomic mass is 9.97. The van der Waals surface area contributed by atoms with Crippen LogP contribution in [0.2, 0.25) is 0 Å². The zero-order valence-electron chi connectivity index (χ0n) is 18.4. The van der Waals surface area contributed by atoms with Gasteiger partial charge in [-0.15, -0.1) is 10.2 Å². The van der Waals surface area contributed by atoms with Gasteiger partial charge in [0, 0.05) is 37.3 Å². The zero-order valence-corrected chi connectivity index (χ0v) is 19.2. The van der Waals surface area contributed by atoms with Crippen molar-refractivity contribution < 1.29 is 13.2 Å². The van der Waals surface area contributed by atoms with Crippen LogP contribution in [-0.4, -0.2) is 50.0 Å². The quantitative estimate of drug-likeness (QED) is 0.346. The van der Waals surface area contributed by atoms with Gasteiger partial charge in [0.25, 0.3) is 0 Å². The van der Waals surface area contributed by atoms with Gasteiger partial charge >= 0.3 is 6.18 Å². The lowest BCUT2D eigenvalue weighted by Gasteiger charge is -2.16. The Labute approximate surface area is 195 Å². The minimum atomic E-state index is -4.27. The van der Waals surface area contributed by atoms with Crippen molar-refractivity contribution in [1.29, 1.82) is 0 Å². The topological polar surface area (TPSA) is 46.8 Å². The minimum Gasteiger partial charge on any atom is -0.305 e. The van der Waals surface area contributed by atoms with E-state index in [4.69, 9.17) is 0 Å². The molecule has 5 nitrogen and oxygen atoms in total. The molecule has 1 aliphatic carbocycles. The molecule has 1 spiro atoms. The van der Waals surface area contributed by atoms with Crippen molar-refractivity contribution in [3.63, 3.8) is 0 Å². The maximum Gasteiger partial charge on any atom is 0.416 e. The van der Waals surface area contributed by atoms with Crippen molar-refractivity contribution in [1.82, 2.24) is 24.6 Å². The second-order valence-corrected chi connectivity index (χ2v) is 10.1. The monoisotopic (exact) mass is 473 g/mol. The molecular weight excluding hydrogens is 447 g/mol. The number of likely N-dealkylation sites (tertiary alicyclic amines) is 1. The SMILES string of the molecule is Cn1c(SCCCN2CC[C@]3(C[C@H]3c3ccc(C(F)(F)F)cc3)C2)nnc1-c1cccnc1. The summed E-state index contributed by atoms with van der Waals surface area (Å²) in [5, 5.41) is 9.53. The van der Waals surface area contributed by atoms with Crippen LogP contribution in [0.5, 0.6) is 0 Å². The highest BCUT2D eigenvalue weighted by molar-refractivity contribution is 7.99. The molecule has 174 valence electrons. The fraction of sp³-hybridized carbons (Fsp3) is 0.458. The predicted octanol–water partition coefficient (Wildman–Crippen LogP) is 5.26. The van der Waals surface area contributed by atoms with Crippen LogP contribution < -0.4 is 0 Å². The summed E-state index contributed by atoms with van der Waals surface area (Å²) in [6.07, 6.45) is 2.53. The van der Waals surface area contributed by atoms with E-state index in [1.807, 2.05) is 23.7 Å². The fourth-order valence-corrected chi connectivity index (χ4v) is 5.82. The highest BCUT2D eigenvalue weighted by Crippen LogP contribution is 2.64. The van der Waals surface area contributed by atoms with E-state index in [1.54, 1.807) is 36.3 Å². The lowest BCUT2D eigenvalue weighted by Crippen LogP contribution is -2.23. The van der Waals surface area contributed by atoms with Gasteiger partial charge in [-0.1, -0.05) is 23.9 Å². The van der Waals surface area contributed by atoms with Gasteiger partial charge in [0.05, 0.1) is 5.56 Å². The summed E-state index contributed by atoms with van der Waals surface area (Å²) in [5.74, 6) is 2.17. The second-order valence-electron chi connectivity index (χ2n) is 9.07. The first-order valence-corrected chi connectivity index (χ1v) is 12.2. The molecule has 1 saturated carbocycles. The van der Waals surface area contributed by atoms with Crippen molar-refractivity contribution in [3.05, 3.63) is 59.9 Å². The first-order chi connectivity index (χ1) is 15.9. The highest BCUT2D eigenvalue weighted by Gasteiger charge is 2.57. The van der Waals surface area contributed by atoms with E-state index in [0.29, 0.717) is 5.92 Å². The number of thioether (sulfide) groups is 1. The van der Waals surface area contributed by atoms with Crippen LogP contribution in [0.4, 0.5) is 13.2 Å². The van der Waals surface area contributed by atoms with Crippen LogP contribution in [0.25, 0.3) is 11.4 Å². The third kappa shape index (κ3) is 4.66. The van der Waals surface area contributed by atoms with Gasteiger partial charge < -0.3 is 9.47 Å². The Balaban J connectivity index is 1.09. The van der Waals surface area contributed by atoms with Gasteiger partial charge in [-0.3, -0.25) is 4.98 Å². The summed E-state index contributed by atoms with van der Waals surface area (Å²) < 4.78 is 40.5. The van der Waals surface area contributed by atoms with E-state index in [1.165, 1.54) is 12.1 Å². The predicted molar refractivity (Wildman–Crippen MR) is 122 cm³/mol. The molecule has 2 aromatic heterocycles. The van der Waals surface area contributed by atoms with Crippen LogP contribution in [-0.2, 0) is 13.2 Å². The van der Waals surface area contributed by atoms with Crippen LogP contribution >= 0.6 is 11.8 Å². The number of hydrogen-bond donors (Lipinski definition) is 0. The molecule has 2 aliphatic rings. The summed E-state index contributed by atoms with van der Waals surface area (Å²) in [4.78, 5) is 6.65. The zero-order chi connectivity index (χ0) is 23.1. The van der Waals surface area contributed by atoms with Crippen LogP contribution in [0.3, 0.4) is 0 Å². The molecule has 9 heteroatoms. The van der Waals surface area contributed by atoms with Gasteiger partial charge in [-0.05, 0) is 73.5 Å². The molecule has 0 N–H and O–H groups in total. The number of halogens is 3. The normalized spacial score (nSPS) is 22.8. The molecule has 0 radical (unpaired) electrons. The Morgan fingerprint density at radius 2 is 1.97 bits per heavy atom. The Kier molecular flexibility index (Phi) is 5.95. The molecule has 1 aliphatic heterocycles. The summed E-state index contributed by atoms with van der Waals surface area (Å²) in [7, 11) is 1.98. The maximum absolute atomic E-state index is 12.8. The van der Waals surface area contributed by atoms with E-state index in [2.05, 4.69) is 20.1 Å². The standard InChI is InChI=1S/C24H26F3N5S/c1-31-21(18-4-2-10-28-15-18)29-30-22(31)33-13-3-11-32-12-9-23(16-32)14-20(23)17-5-7-19(8-6-17)24(25,26)27/h2,4-8,10,15,20H,3,9,11-14,16H2,1H3/t20-,23-/m0/s1. The van der Waals surface area contributed by atoms with Gasteiger partial charge in [0.1, 0.15) is 0 Å². The van der Waals surface area contributed by atoms with Gasteiger partial charge in [0.15, 0.2) is 11.0 Å². The lowest BCUT2D eigenvalue weighted by molar-refractivity contribution is -0.137. The van der Waals surface area contributed by atoms with Crippen molar-refractivity contribution >= 4 is 11.8 Å². The van der Waals surface area contributed by atoms with E-state index >= 15 is 0 Å². The molecule has 1 aromatic carbocycles. The average Bonchev–Trinajstić information content (AvgIpc) is 3.15. The van der Waals surface area contributed by atoms with Crippen LogP contribution in [0.1, 0.15) is 36.3 Å². The smallest absolute Gasteiger partial charge is 0.305 e. The first kappa shape index (κ1) is 22.4. The van der Waals surface area contributed by atoms with Gasteiger partial charge in [-0.2, -0.15) is 13.2 Å². The second kappa shape index (κ2) is 8.76. The molecule has 1 saturated heterocycles. The Morgan fingerprint density at radius 3 is 2.70 bits per heavy atom. The highest BCUT2D eigenvalue weighted by atomic mass is 32.2. The number of hydrogen-bond acceptors (Lipinski definition) is 5. The average molecular weight is 474 g/mol. The summed E-state index contributed by atoms with van der Waals surface area (Å²) in [6.45, 7) is 3.14. The molecule has 5 rings (SSSR count). The third-order valence-corrected chi connectivity index (χ3v) is 8.01. The van der Waals surface area contributed by atoms with E-state index in [0.717, 1.165) is 66.8 Å². The number of aromatic nitrogens is 4. The summed E-state index contributed by atoms with van der Waals surface area (Å²) >= 11 is 1.71. The maximum atomic E-state index is 12.8. The Bertz CT molecular complexity index is 1100. The largest absolute Gasteiger partial charge is 0.416 e. The molecule has 3 aromatic rings. The number of alkyl halides is 3. The van der Waals surface area contributed by atoms with Crippen molar-refractivity contribution in [2.24, 2.45) is 12.5 Å². The third-order valence-electron chi connectivity index (χ3n) is 6.90. The Hall–Kier alpha value is -2.39. The summed E-state index contributed by atoms with van der Waals surface area (Å²) in [6, 6.07) is 9.64. The van der Waals surface area contributed by atoms with Crippen molar-refractivity contribution in [2.75, 3.05) is 25.4 Å². The number of nitrogens with zero attached hydrogens (tertiary/aromatic N) is 5. The molecular formula is C24H26F3N5S. The van der Waals surface area contributed by atoms with E-state index in [-0.39, 0.29) is 5.41 Å². The molecule has 2 fully saturated rings. The molecule has 2 atom stereocenters. The van der Waals surface area contributed by atoms with Crippen molar-refractivity contribution in [2.45, 2.75) is 36.5 Å². The number of rotatable bonds is 7. The molecule has 0 unspecified atom stereocenters. The molecule has 0 bridgehead atoms. The molecule has 0 amide bonds. The number of benzene rings is 1. The van der Waals surface area contributed by atoms with Gasteiger partial charge in [-0.25, -0.2) is 0 Å². The van der Waals surface area contributed by atoms with Crippen LogP contribution in [0, 0.1) is 5.41 Å². The molecule has 3 heterocycles. The number of pyridine rings is 1. The first-order valence-electron chi connectivity index (χ1n) is 11.2. The minimum absolute atomic E-state index is 0.259.